The lowest BCUT2D eigenvalue weighted by atomic mass is 10.1. The van der Waals surface area contributed by atoms with Crippen molar-refractivity contribution in [3.05, 3.63) is 54.6 Å². The zero-order chi connectivity index (χ0) is 11.4. The number of rotatable bonds is 3. The molecule has 2 nitrogen and oxygen atoms in total. The lowest BCUT2D eigenvalue weighted by Crippen LogP contribution is -2.13. The van der Waals surface area contributed by atoms with Crippen molar-refractivity contribution in [2.45, 2.75) is 0 Å². The Labute approximate surface area is 95.1 Å². The summed E-state index contributed by atoms with van der Waals surface area (Å²) in [5, 5.41) is 0. The molecule has 2 rings (SSSR count). The van der Waals surface area contributed by atoms with Crippen LogP contribution in [0.15, 0.2) is 48.5 Å². The van der Waals surface area contributed by atoms with Gasteiger partial charge in [0.05, 0.1) is 0 Å². The molecule has 0 aliphatic heterocycles. The fourth-order valence-corrected chi connectivity index (χ4v) is 1.54. The van der Waals surface area contributed by atoms with Crippen molar-refractivity contribution >= 4 is 12.1 Å². The molecule has 0 heterocycles. The molecule has 0 unspecified atom stereocenters. The molecule has 0 fully saturated rings. The van der Waals surface area contributed by atoms with Gasteiger partial charge in [0.2, 0.25) is 6.41 Å². The maximum absolute atomic E-state index is 10.7. The number of carbonyl (C=O) groups is 1. The molecule has 0 spiro atoms. The SMILES string of the molecule is CN(C=O)c1cccc(-c2c[c]ccc2)c1. The van der Waals surface area contributed by atoms with Crippen molar-refractivity contribution in [2.24, 2.45) is 0 Å². The van der Waals surface area contributed by atoms with E-state index in [4.69, 9.17) is 0 Å². The van der Waals surface area contributed by atoms with Gasteiger partial charge < -0.3 is 4.90 Å². The summed E-state index contributed by atoms with van der Waals surface area (Å²) in [7, 11) is 1.74. The Bertz CT molecular complexity index is 479. The van der Waals surface area contributed by atoms with E-state index in [1.807, 2.05) is 48.5 Å². The van der Waals surface area contributed by atoms with Crippen molar-refractivity contribution in [2.75, 3.05) is 11.9 Å². The number of anilines is 1. The van der Waals surface area contributed by atoms with E-state index in [0.717, 1.165) is 23.2 Å². The average Bonchev–Trinajstić information content (AvgIpc) is 2.39. The molecule has 0 bridgehead atoms. The highest BCUT2D eigenvalue weighted by atomic mass is 16.1. The molecule has 0 atom stereocenters. The molecule has 1 amide bonds. The van der Waals surface area contributed by atoms with Crippen LogP contribution in [0.1, 0.15) is 0 Å². The summed E-state index contributed by atoms with van der Waals surface area (Å²) in [6.07, 6.45) is 0.802. The number of benzene rings is 2. The van der Waals surface area contributed by atoms with Gasteiger partial charge in [0, 0.05) is 12.7 Å². The van der Waals surface area contributed by atoms with Crippen LogP contribution in [0.5, 0.6) is 0 Å². The first-order valence-corrected chi connectivity index (χ1v) is 5.06. The third-order valence-corrected chi connectivity index (χ3v) is 2.45. The van der Waals surface area contributed by atoms with Crippen molar-refractivity contribution < 1.29 is 4.79 Å². The molecular weight excluding hydrogens is 198 g/mol. The van der Waals surface area contributed by atoms with Crippen LogP contribution in [-0.2, 0) is 4.79 Å². The molecule has 16 heavy (non-hydrogen) atoms. The lowest BCUT2D eigenvalue weighted by molar-refractivity contribution is -0.107. The Hall–Kier alpha value is -2.09. The number of nitrogens with zero attached hydrogens (tertiary/aromatic N) is 1. The van der Waals surface area contributed by atoms with Crippen molar-refractivity contribution in [3.63, 3.8) is 0 Å². The zero-order valence-electron chi connectivity index (χ0n) is 9.05. The maximum Gasteiger partial charge on any atom is 0.213 e. The standard InChI is InChI=1S/C14H12NO/c1-15(11-16)14-9-5-8-13(10-14)12-6-3-2-4-7-12/h2-3,5-11H,1H3. The highest BCUT2D eigenvalue weighted by Gasteiger charge is 2.01. The Morgan fingerprint density at radius 2 is 2.00 bits per heavy atom. The minimum Gasteiger partial charge on any atom is -0.318 e. The van der Waals surface area contributed by atoms with Gasteiger partial charge in [-0.3, -0.25) is 4.79 Å². The summed E-state index contributed by atoms with van der Waals surface area (Å²) in [5.41, 5.74) is 3.07. The van der Waals surface area contributed by atoms with Gasteiger partial charge in [0.1, 0.15) is 0 Å². The molecule has 2 aromatic carbocycles. The molecule has 0 saturated carbocycles. The molecule has 0 aliphatic carbocycles. The van der Waals surface area contributed by atoms with E-state index in [1.54, 1.807) is 11.9 Å². The topological polar surface area (TPSA) is 20.3 Å². The number of amides is 1. The summed E-state index contributed by atoms with van der Waals surface area (Å²) in [5.74, 6) is 0. The maximum atomic E-state index is 10.7. The second kappa shape index (κ2) is 4.62. The fraction of sp³-hybridized carbons (Fsp3) is 0.0714. The van der Waals surface area contributed by atoms with Crippen LogP contribution < -0.4 is 4.90 Å². The van der Waals surface area contributed by atoms with Crippen LogP contribution in [0.4, 0.5) is 5.69 Å². The first-order chi connectivity index (χ1) is 7.81. The van der Waals surface area contributed by atoms with Crippen LogP contribution >= 0.6 is 0 Å². The second-order valence-corrected chi connectivity index (χ2v) is 3.56. The number of hydrogen-bond acceptors (Lipinski definition) is 1. The van der Waals surface area contributed by atoms with Crippen molar-refractivity contribution in [3.8, 4) is 11.1 Å². The molecular formula is C14H12NO. The summed E-state index contributed by atoms with van der Waals surface area (Å²) in [6.45, 7) is 0. The van der Waals surface area contributed by atoms with E-state index >= 15 is 0 Å². The van der Waals surface area contributed by atoms with E-state index in [9.17, 15) is 4.79 Å². The third-order valence-electron chi connectivity index (χ3n) is 2.45. The fourth-order valence-electron chi connectivity index (χ4n) is 1.54. The van der Waals surface area contributed by atoms with Gasteiger partial charge >= 0.3 is 0 Å². The van der Waals surface area contributed by atoms with E-state index in [-0.39, 0.29) is 0 Å². The Kier molecular flexibility index (Phi) is 3.01. The minimum absolute atomic E-state index is 0.802. The smallest absolute Gasteiger partial charge is 0.213 e. The summed E-state index contributed by atoms with van der Waals surface area (Å²) in [4.78, 5) is 12.2. The quantitative estimate of drug-likeness (QED) is 0.713. The molecule has 0 saturated heterocycles. The van der Waals surface area contributed by atoms with Crippen molar-refractivity contribution in [1.82, 2.24) is 0 Å². The van der Waals surface area contributed by atoms with Gasteiger partial charge in [-0.1, -0.05) is 30.3 Å². The highest BCUT2D eigenvalue weighted by molar-refractivity contribution is 5.77. The third kappa shape index (κ3) is 2.11. The molecule has 0 aromatic heterocycles. The Balaban J connectivity index is 2.40. The summed E-state index contributed by atoms with van der Waals surface area (Å²) < 4.78 is 0. The molecule has 0 aliphatic rings. The van der Waals surface area contributed by atoms with Gasteiger partial charge in [0.25, 0.3) is 0 Å². The number of carbonyl (C=O) groups excluding carboxylic acids is 1. The van der Waals surface area contributed by atoms with E-state index in [0.29, 0.717) is 0 Å². The Morgan fingerprint density at radius 3 is 2.69 bits per heavy atom. The molecule has 2 aromatic rings. The first kappa shape index (κ1) is 10.4. The van der Waals surface area contributed by atoms with Gasteiger partial charge in [-0.25, -0.2) is 0 Å². The normalized spacial score (nSPS) is 9.81. The van der Waals surface area contributed by atoms with E-state index in [2.05, 4.69) is 6.07 Å². The molecule has 1 radical (unpaired) electrons. The van der Waals surface area contributed by atoms with E-state index < -0.39 is 0 Å². The van der Waals surface area contributed by atoms with Crippen LogP contribution in [0.2, 0.25) is 0 Å². The van der Waals surface area contributed by atoms with Gasteiger partial charge in [-0.2, -0.15) is 0 Å². The molecule has 0 N–H and O–H groups in total. The lowest BCUT2D eigenvalue weighted by Gasteiger charge is -2.12. The summed E-state index contributed by atoms with van der Waals surface area (Å²) >= 11 is 0. The van der Waals surface area contributed by atoms with Crippen LogP contribution in [0.25, 0.3) is 11.1 Å². The zero-order valence-corrected chi connectivity index (χ0v) is 9.05. The minimum atomic E-state index is 0.802. The van der Waals surface area contributed by atoms with Gasteiger partial charge in [-0.15, -0.1) is 0 Å². The number of hydrogen-bond donors (Lipinski definition) is 0. The van der Waals surface area contributed by atoms with Crippen molar-refractivity contribution in [1.29, 1.82) is 0 Å². The van der Waals surface area contributed by atoms with E-state index in [1.165, 1.54) is 0 Å². The molecule has 2 heteroatoms. The average molecular weight is 210 g/mol. The van der Waals surface area contributed by atoms with Crippen LogP contribution in [-0.4, -0.2) is 13.5 Å². The van der Waals surface area contributed by atoms with Gasteiger partial charge in [-0.05, 0) is 35.4 Å². The predicted octanol–water partition coefficient (Wildman–Crippen LogP) is 2.75. The van der Waals surface area contributed by atoms with Crippen LogP contribution in [0, 0.1) is 6.07 Å². The first-order valence-electron chi connectivity index (χ1n) is 5.06. The Morgan fingerprint density at radius 1 is 1.19 bits per heavy atom. The second-order valence-electron chi connectivity index (χ2n) is 3.56. The summed E-state index contributed by atoms with van der Waals surface area (Å²) in [6, 6.07) is 18.7. The van der Waals surface area contributed by atoms with Gasteiger partial charge in [0.15, 0.2) is 0 Å². The van der Waals surface area contributed by atoms with Crippen LogP contribution in [0.3, 0.4) is 0 Å². The molecule has 79 valence electrons. The predicted molar refractivity (Wildman–Crippen MR) is 65.2 cm³/mol. The highest BCUT2D eigenvalue weighted by Crippen LogP contribution is 2.23. The monoisotopic (exact) mass is 210 g/mol. The largest absolute Gasteiger partial charge is 0.318 e.